The van der Waals surface area contributed by atoms with Gasteiger partial charge in [0.15, 0.2) is 0 Å². The van der Waals surface area contributed by atoms with E-state index in [-0.39, 0.29) is 0 Å². The first-order valence-corrected chi connectivity index (χ1v) is 6.45. The monoisotopic (exact) mass is 242 g/mol. The number of rotatable bonds is 4. The summed E-state index contributed by atoms with van der Waals surface area (Å²) >= 11 is 0. The van der Waals surface area contributed by atoms with Gasteiger partial charge >= 0.3 is 6.92 Å². The van der Waals surface area contributed by atoms with Crippen molar-refractivity contribution in [2.24, 2.45) is 0 Å². The molecule has 0 unspecified atom stereocenters. The third-order valence-electron chi connectivity index (χ3n) is 3.50. The largest absolute Gasteiger partial charge is 0.497 e. The van der Waals surface area contributed by atoms with Crippen molar-refractivity contribution in [2.45, 2.75) is 26.2 Å². The Morgan fingerprint density at radius 1 is 1.17 bits per heavy atom. The average molecular weight is 242 g/mol. The van der Waals surface area contributed by atoms with Crippen molar-refractivity contribution in [3.8, 4) is 5.75 Å². The zero-order valence-electron chi connectivity index (χ0n) is 11.0. The highest BCUT2D eigenvalue weighted by Gasteiger charge is 2.20. The maximum atomic E-state index is 10.3. The topological polar surface area (TPSA) is 29.5 Å². The number of ether oxygens (including phenoxy) is 1. The Morgan fingerprint density at radius 3 is 2.39 bits per heavy atom. The van der Waals surface area contributed by atoms with Gasteiger partial charge in [0.05, 0.1) is 7.11 Å². The molecular weight excluding hydrogens is 223 g/mol. The summed E-state index contributed by atoms with van der Waals surface area (Å²) in [5, 5.41) is 10.3. The van der Waals surface area contributed by atoms with Crippen LogP contribution in [0.2, 0.25) is 0 Å². The van der Waals surface area contributed by atoms with E-state index in [9.17, 15) is 5.02 Å². The fraction of sp³-hybridized carbons (Fsp3) is 0.333. The van der Waals surface area contributed by atoms with Crippen molar-refractivity contribution >= 4 is 12.4 Å². The molecule has 2 nitrogen and oxygen atoms in total. The zero-order valence-corrected chi connectivity index (χ0v) is 11.0. The van der Waals surface area contributed by atoms with E-state index < -0.39 is 6.92 Å². The fourth-order valence-electron chi connectivity index (χ4n) is 2.22. The number of hydrogen-bond donors (Lipinski definition) is 1. The quantitative estimate of drug-likeness (QED) is 0.822. The lowest BCUT2D eigenvalue weighted by Crippen LogP contribution is -2.33. The van der Waals surface area contributed by atoms with E-state index in [1.807, 2.05) is 24.3 Å². The van der Waals surface area contributed by atoms with E-state index in [0.717, 1.165) is 35.9 Å². The van der Waals surface area contributed by atoms with Crippen molar-refractivity contribution in [3.05, 3.63) is 47.5 Å². The summed E-state index contributed by atoms with van der Waals surface area (Å²) in [6.45, 7) is 1.68. The molecule has 1 aliphatic carbocycles. The maximum Gasteiger partial charge on any atom is 0.354 e. The number of methoxy groups -OCH3 is 1. The average Bonchev–Trinajstić information content (AvgIpc) is 2.47. The molecule has 0 amide bonds. The van der Waals surface area contributed by atoms with Gasteiger partial charge in [-0.1, -0.05) is 42.3 Å². The Balaban J connectivity index is 2.13. The molecule has 0 heterocycles. The van der Waals surface area contributed by atoms with Gasteiger partial charge in [-0.2, -0.15) is 0 Å². The Morgan fingerprint density at radius 2 is 1.89 bits per heavy atom. The van der Waals surface area contributed by atoms with Crippen LogP contribution >= 0.6 is 0 Å². The highest BCUT2D eigenvalue weighted by molar-refractivity contribution is 6.73. The van der Waals surface area contributed by atoms with Crippen molar-refractivity contribution in [3.63, 3.8) is 0 Å². The SMILES string of the molecule is CCC1=CC=C(B(O)c2ccc(OC)cc2)CC1. The van der Waals surface area contributed by atoms with Crippen LogP contribution in [0.5, 0.6) is 5.75 Å². The number of allylic oxidation sites excluding steroid dienone is 4. The van der Waals surface area contributed by atoms with Gasteiger partial charge in [-0.3, -0.25) is 0 Å². The minimum absolute atomic E-state index is 0.495. The molecule has 94 valence electrons. The maximum absolute atomic E-state index is 10.3. The number of benzene rings is 1. The molecule has 0 fully saturated rings. The Bertz CT molecular complexity index is 460. The van der Waals surface area contributed by atoms with Crippen LogP contribution in [0.1, 0.15) is 26.2 Å². The minimum Gasteiger partial charge on any atom is -0.497 e. The highest BCUT2D eigenvalue weighted by atomic mass is 16.5. The summed E-state index contributed by atoms with van der Waals surface area (Å²) < 4.78 is 5.12. The number of hydrogen-bond acceptors (Lipinski definition) is 2. The second-order valence-corrected chi connectivity index (χ2v) is 4.60. The fourth-order valence-corrected chi connectivity index (χ4v) is 2.22. The molecule has 1 aliphatic rings. The lowest BCUT2D eigenvalue weighted by Gasteiger charge is -2.16. The molecular formula is C15H19BO2. The van der Waals surface area contributed by atoms with Gasteiger partial charge in [0.2, 0.25) is 0 Å². The first-order valence-electron chi connectivity index (χ1n) is 6.45. The first kappa shape index (κ1) is 13.0. The molecule has 3 heteroatoms. The molecule has 0 aliphatic heterocycles. The van der Waals surface area contributed by atoms with Crippen LogP contribution in [-0.4, -0.2) is 19.0 Å². The van der Waals surface area contributed by atoms with Gasteiger partial charge in [-0.05, 0) is 36.9 Å². The predicted molar refractivity (Wildman–Crippen MR) is 76.3 cm³/mol. The van der Waals surface area contributed by atoms with Gasteiger partial charge in [0, 0.05) is 0 Å². The molecule has 18 heavy (non-hydrogen) atoms. The summed E-state index contributed by atoms with van der Waals surface area (Å²) in [6, 6.07) is 7.61. The van der Waals surface area contributed by atoms with E-state index in [4.69, 9.17) is 4.74 Å². The van der Waals surface area contributed by atoms with E-state index in [1.54, 1.807) is 7.11 Å². The van der Waals surface area contributed by atoms with Crippen LogP contribution in [0, 0.1) is 0 Å². The molecule has 0 atom stereocenters. The molecule has 2 rings (SSSR count). The molecule has 1 aromatic rings. The van der Waals surface area contributed by atoms with Gasteiger partial charge in [-0.25, -0.2) is 0 Å². The van der Waals surface area contributed by atoms with Crippen molar-refractivity contribution in [1.82, 2.24) is 0 Å². The summed E-state index contributed by atoms with van der Waals surface area (Å²) in [4.78, 5) is 0. The van der Waals surface area contributed by atoms with Crippen LogP contribution in [0.15, 0.2) is 47.5 Å². The molecule has 0 spiro atoms. The molecule has 1 N–H and O–H groups in total. The molecule has 0 bridgehead atoms. The van der Waals surface area contributed by atoms with Crippen LogP contribution in [0.25, 0.3) is 0 Å². The van der Waals surface area contributed by atoms with Crippen LogP contribution in [-0.2, 0) is 0 Å². The molecule has 0 radical (unpaired) electrons. The second kappa shape index (κ2) is 5.92. The summed E-state index contributed by atoms with van der Waals surface area (Å²) in [7, 11) is 1.65. The zero-order chi connectivity index (χ0) is 13.0. The van der Waals surface area contributed by atoms with Crippen molar-refractivity contribution in [2.75, 3.05) is 7.11 Å². The van der Waals surface area contributed by atoms with E-state index in [0.29, 0.717) is 0 Å². The van der Waals surface area contributed by atoms with Gasteiger partial charge < -0.3 is 9.76 Å². The third-order valence-corrected chi connectivity index (χ3v) is 3.50. The minimum atomic E-state index is -0.495. The first-order chi connectivity index (χ1) is 8.74. The summed E-state index contributed by atoms with van der Waals surface area (Å²) in [5.41, 5.74) is 3.48. The summed E-state index contributed by atoms with van der Waals surface area (Å²) in [6.07, 6.45) is 7.33. The molecule has 0 aromatic heterocycles. The lowest BCUT2D eigenvalue weighted by atomic mass is 9.53. The van der Waals surface area contributed by atoms with Gasteiger partial charge in [0.1, 0.15) is 5.75 Å². The Hall–Kier alpha value is -1.48. The Labute approximate surface area is 109 Å². The van der Waals surface area contributed by atoms with Crippen molar-refractivity contribution < 1.29 is 9.76 Å². The van der Waals surface area contributed by atoms with E-state index in [1.165, 1.54) is 5.57 Å². The smallest absolute Gasteiger partial charge is 0.354 e. The standard InChI is InChI=1S/C15H19BO2/c1-3-12-4-6-13(7-5-12)16(17)14-8-10-15(18-2)11-9-14/h4,6,8-11,17H,3,5,7H2,1-2H3. The van der Waals surface area contributed by atoms with Gasteiger partial charge in [0.25, 0.3) is 0 Å². The second-order valence-electron chi connectivity index (χ2n) is 4.60. The highest BCUT2D eigenvalue weighted by Crippen LogP contribution is 2.21. The van der Waals surface area contributed by atoms with E-state index in [2.05, 4.69) is 19.1 Å². The third kappa shape index (κ3) is 2.85. The van der Waals surface area contributed by atoms with Crippen LogP contribution in [0.4, 0.5) is 0 Å². The Kier molecular flexibility index (Phi) is 4.26. The molecule has 0 saturated heterocycles. The van der Waals surface area contributed by atoms with E-state index >= 15 is 0 Å². The normalized spacial score (nSPS) is 14.8. The van der Waals surface area contributed by atoms with Crippen LogP contribution < -0.4 is 10.2 Å². The predicted octanol–water partition coefficient (Wildman–Crippen LogP) is 2.48. The lowest BCUT2D eigenvalue weighted by molar-refractivity contribution is 0.415. The summed E-state index contributed by atoms with van der Waals surface area (Å²) in [5.74, 6) is 0.816. The molecule has 1 aromatic carbocycles. The van der Waals surface area contributed by atoms with Crippen molar-refractivity contribution in [1.29, 1.82) is 0 Å². The van der Waals surface area contributed by atoms with Crippen LogP contribution in [0.3, 0.4) is 0 Å². The molecule has 0 saturated carbocycles. The van der Waals surface area contributed by atoms with Gasteiger partial charge in [-0.15, -0.1) is 0 Å².